The summed E-state index contributed by atoms with van der Waals surface area (Å²) in [5.74, 6) is 0.217. The zero-order valence-electron chi connectivity index (χ0n) is 14.9. The molecular formula is C21H18ClNO3S. The maximum absolute atomic E-state index is 12.4. The molecular weight excluding hydrogens is 382 g/mol. The topological polar surface area (TPSA) is 55.7 Å². The highest BCUT2D eigenvalue weighted by molar-refractivity contribution is 7.87. The van der Waals surface area contributed by atoms with Crippen LogP contribution in [0.2, 0.25) is 5.02 Å². The summed E-state index contributed by atoms with van der Waals surface area (Å²) in [6, 6.07) is 18.5. The first kappa shape index (κ1) is 19.1. The summed E-state index contributed by atoms with van der Waals surface area (Å²) in [4.78, 5) is 4.54. The molecule has 6 heteroatoms. The van der Waals surface area contributed by atoms with E-state index in [9.17, 15) is 8.42 Å². The van der Waals surface area contributed by atoms with Crippen molar-refractivity contribution < 1.29 is 12.6 Å². The second-order valence-electron chi connectivity index (χ2n) is 6.04. The highest BCUT2D eigenvalue weighted by Crippen LogP contribution is 2.23. The van der Waals surface area contributed by atoms with Gasteiger partial charge in [-0.05, 0) is 73.0 Å². The van der Waals surface area contributed by atoms with Gasteiger partial charge in [0.05, 0.1) is 5.69 Å². The molecule has 27 heavy (non-hydrogen) atoms. The summed E-state index contributed by atoms with van der Waals surface area (Å²) in [7, 11) is -3.93. The van der Waals surface area contributed by atoms with E-state index in [1.807, 2.05) is 38.1 Å². The summed E-state index contributed by atoms with van der Waals surface area (Å²) in [6.07, 6.45) is 1.68. The second-order valence-corrected chi connectivity index (χ2v) is 8.02. The Morgan fingerprint density at radius 3 is 2.41 bits per heavy atom. The van der Waals surface area contributed by atoms with Gasteiger partial charge in [0.1, 0.15) is 10.6 Å². The van der Waals surface area contributed by atoms with E-state index >= 15 is 0 Å². The van der Waals surface area contributed by atoms with Gasteiger partial charge in [-0.1, -0.05) is 35.9 Å². The van der Waals surface area contributed by atoms with E-state index in [4.69, 9.17) is 15.8 Å². The average Bonchev–Trinajstić information content (AvgIpc) is 2.63. The quantitative estimate of drug-likeness (QED) is 0.422. The zero-order valence-corrected chi connectivity index (χ0v) is 16.5. The van der Waals surface area contributed by atoms with Crippen LogP contribution >= 0.6 is 11.6 Å². The maximum atomic E-state index is 12.4. The highest BCUT2D eigenvalue weighted by atomic mass is 35.5. The fourth-order valence-electron chi connectivity index (χ4n) is 2.44. The minimum Gasteiger partial charge on any atom is -0.379 e. The fourth-order valence-corrected chi connectivity index (χ4v) is 3.49. The van der Waals surface area contributed by atoms with E-state index < -0.39 is 10.1 Å². The van der Waals surface area contributed by atoms with Crippen LogP contribution in [-0.4, -0.2) is 14.6 Å². The Balaban J connectivity index is 1.82. The fraction of sp³-hybridized carbons (Fsp3) is 0.0952. The largest absolute Gasteiger partial charge is 0.379 e. The third kappa shape index (κ3) is 4.76. The van der Waals surface area contributed by atoms with Gasteiger partial charge in [-0.2, -0.15) is 8.42 Å². The Bertz CT molecular complexity index is 1090. The molecule has 0 N–H and O–H groups in total. The number of hydrogen-bond donors (Lipinski definition) is 0. The first-order valence-corrected chi connectivity index (χ1v) is 10.0. The number of benzene rings is 3. The molecule has 0 fully saturated rings. The molecule has 3 aromatic carbocycles. The molecule has 0 bridgehead atoms. The van der Waals surface area contributed by atoms with Crippen molar-refractivity contribution in [3.8, 4) is 5.75 Å². The number of aliphatic imine (C=N–C) groups is 1. The SMILES string of the molecule is Cc1cccc(N=Cc2cccc(OS(=O)(=O)c3ccc(Cl)cc3)c2)c1C. The Labute approximate surface area is 164 Å². The monoisotopic (exact) mass is 399 g/mol. The standard InChI is InChI=1S/C21H18ClNO3S/c1-15-5-3-8-21(16(15)2)23-14-17-6-4-7-19(13-17)26-27(24,25)20-11-9-18(22)10-12-20/h3-14H,1-2H3. The predicted octanol–water partition coefficient (Wildman–Crippen LogP) is 5.48. The molecule has 0 aliphatic rings. The molecule has 0 heterocycles. The van der Waals surface area contributed by atoms with Gasteiger partial charge in [-0.3, -0.25) is 4.99 Å². The zero-order chi connectivity index (χ0) is 19.4. The highest BCUT2D eigenvalue weighted by Gasteiger charge is 2.16. The molecule has 0 spiro atoms. The normalized spacial score (nSPS) is 11.7. The molecule has 3 rings (SSSR count). The molecule has 138 valence electrons. The van der Waals surface area contributed by atoms with Gasteiger partial charge in [-0.15, -0.1) is 0 Å². The van der Waals surface area contributed by atoms with Crippen molar-refractivity contribution in [1.29, 1.82) is 0 Å². The number of rotatable bonds is 5. The molecule has 0 saturated carbocycles. The van der Waals surface area contributed by atoms with E-state index in [2.05, 4.69) is 4.99 Å². The molecule has 3 aromatic rings. The van der Waals surface area contributed by atoms with E-state index in [1.165, 1.54) is 24.3 Å². The maximum Gasteiger partial charge on any atom is 0.339 e. The number of nitrogens with zero attached hydrogens (tertiary/aromatic N) is 1. The van der Waals surface area contributed by atoms with E-state index in [-0.39, 0.29) is 10.6 Å². The number of hydrogen-bond acceptors (Lipinski definition) is 4. The lowest BCUT2D eigenvalue weighted by Gasteiger charge is -2.08. The third-order valence-electron chi connectivity index (χ3n) is 4.10. The Morgan fingerprint density at radius 2 is 1.67 bits per heavy atom. The van der Waals surface area contributed by atoms with Crippen molar-refractivity contribution in [2.75, 3.05) is 0 Å². The minimum absolute atomic E-state index is 0.0429. The van der Waals surface area contributed by atoms with Gasteiger partial charge < -0.3 is 4.18 Å². The molecule has 0 aliphatic carbocycles. The lowest BCUT2D eigenvalue weighted by molar-refractivity contribution is 0.486. The van der Waals surface area contributed by atoms with Crippen LogP contribution < -0.4 is 4.18 Å². The van der Waals surface area contributed by atoms with Crippen LogP contribution in [0.15, 0.2) is 76.6 Å². The molecule has 0 radical (unpaired) electrons. The smallest absolute Gasteiger partial charge is 0.339 e. The van der Waals surface area contributed by atoms with Gasteiger partial charge in [0.2, 0.25) is 0 Å². The first-order valence-electron chi connectivity index (χ1n) is 8.25. The molecule has 0 saturated heterocycles. The van der Waals surface area contributed by atoms with Crippen LogP contribution in [0.25, 0.3) is 0 Å². The molecule has 0 atom stereocenters. The lowest BCUT2D eigenvalue weighted by Crippen LogP contribution is -2.09. The third-order valence-corrected chi connectivity index (χ3v) is 5.61. The predicted molar refractivity (Wildman–Crippen MR) is 109 cm³/mol. The molecule has 0 unspecified atom stereocenters. The Hall–Kier alpha value is -2.63. The number of halogens is 1. The lowest BCUT2D eigenvalue weighted by atomic mass is 10.1. The van der Waals surface area contributed by atoms with Gasteiger partial charge >= 0.3 is 10.1 Å². The van der Waals surface area contributed by atoms with Crippen LogP contribution in [0, 0.1) is 13.8 Å². The first-order chi connectivity index (χ1) is 12.8. The van der Waals surface area contributed by atoms with Gasteiger partial charge in [0.15, 0.2) is 0 Å². The summed E-state index contributed by atoms with van der Waals surface area (Å²) in [5.41, 5.74) is 3.87. The second kappa shape index (κ2) is 7.94. The molecule has 4 nitrogen and oxygen atoms in total. The summed E-state index contributed by atoms with van der Waals surface area (Å²) < 4.78 is 30.0. The van der Waals surface area contributed by atoms with E-state index in [0.717, 1.165) is 22.4 Å². The molecule has 0 amide bonds. The summed E-state index contributed by atoms with van der Waals surface area (Å²) in [5, 5.41) is 0.457. The minimum atomic E-state index is -3.93. The Morgan fingerprint density at radius 1 is 0.963 bits per heavy atom. The van der Waals surface area contributed by atoms with Crippen LogP contribution in [0.1, 0.15) is 16.7 Å². The van der Waals surface area contributed by atoms with E-state index in [0.29, 0.717) is 5.02 Å². The summed E-state index contributed by atoms with van der Waals surface area (Å²) in [6.45, 7) is 4.05. The van der Waals surface area contributed by atoms with Crippen LogP contribution in [0.3, 0.4) is 0 Å². The van der Waals surface area contributed by atoms with E-state index in [1.54, 1.807) is 24.4 Å². The molecule has 0 aromatic heterocycles. The Kier molecular flexibility index (Phi) is 5.63. The molecule has 0 aliphatic heterocycles. The van der Waals surface area contributed by atoms with Crippen molar-refractivity contribution in [3.63, 3.8) is 0 Å². The van der Waals surface area contributed by atoms with Crippen LogP contribution in [0.4, 0.5) is 5.69 Å². The van der Waals surface area contributed by atoms with Crippen LogP contribution in [0.5, 0.6) is 5.75 Å². The van der Waals surface area contributed by atoms with Crippen molar-refractivity contribution in [3.05, 3.63) is 88.4 Å². The van der Waals surface area contributed by atoms with Crippen molar-refractivity contribution in [2.24, 2.45) is 4.99 Å². The van der Waals surface area contributed by atoms with Crippen molar-refractivity contribution >= 4 is 33.6 Å². The van der Waals surface area contributed by atoms with Gasteiger partial charge in [-0.25, -0.2) is 0 Å². The van der Waals surface area contributed by atoms with Crippen molar-refractivity contribution in [2.45, 2.75) is 18.7 Å². The number of aryl methyl sites for hydroxylation is 1. The van der Waals surface area contributed by atoms with Crippen molar-refractivity contribution in [1.82, 2.24) is 0 Å². The average molecular weight is 400 g/mol. The van der Waals surface area contributed by atoms with Gasteiger partial charge in [0, 0.05) is 11.2 Å². The van der Waals surface area contributed by atoms with Crippen LogP contribution in [-0.2, 0) is 10.1 Å². The summed E-state index contributed by atoms with van der Waals surface area (Å²) >= 11 is 5.80. The van der Waals surface area contributed by atoms with Gasteiger partial charge in [0.25, 0.3) is 0 Å².